The Kier molecular flexibility index (Phi) is 42.6. The van der Waals surface area contributed by atoms with Crippen LogP contribution in [0.2, 0.25) is 20.1 Å². The third kappa shape index (κ3) is 32.6. The van der Waals surface area contributed by atoms with Crippen molar-refractivity contribution in [2.24, 2.45) is 26.5 Å². The Morgan fingerprint density at radius 2 is 0.789 bits per heavy atom. The molecule has 10 rings (SSSR count). The standard InChI is InChI=1S/C26H33ClN2O6.C24H24ClNO5.C22H27ClN2O6.C19H22ClNO5/c1-17-10-6-3-4-7-11-19(28-34-16-23(32)29-12-8-5-9-13-29)14-20-24(26(33)35-18(17)2)21(30)15-22(31)25(20)27;25-23-19-14-18(26-31-16-17-10-6-5-7-11-17)12-8-3-1-2-4-9-13-30-24(29)22(19)20(27)15-21(23)28;1-2-10-24-19(28)14-31-25-15-9-7-5-3-4-6-8-11-30-22(29)20-16(12-15)21(23)18(27)13-17(20)26;1-2-26-21-13-9-7-5-3-4-6-8-10-25-19(24)17-14(11-13)18(20)16(23)12-15(17)22/h6-7,10-11,15,17-18,30-31H,3-5,8-9,12-14,16H2,1-2H3;2,4-8,10-12,15,27-28H,1,3,9,13-14,16H2;4,6-7,9,13,26-27H,2-3,5,8,10-12,14H2,1H3,(H,24,28);4,6-7,9,12,22-23H,2-3,5,8,10-11H2,1H3/b10-6+,11-7+,28-19+;4-2+,12-8+,26-18?;6-4+,9-7+,25-15?;6-4+,9-7+,21-13?/t17-,18+;;;/m0.../s1. The number of phenols is 8. The lowest BCUT2D eigenvalue weighted by Crippen LogP contribution is -2.37. The summed E-state index contributed by atoms with van der Waals surface area (Å²) in [6.45, 7) is 10.1. The van der Waals surface area contributed by atoms with E-state index in [-0.39, 0.29) is 171 Å². The van der Waals surface area contributed by atoms with Gasteiger partial charge in [-0.1, -0.05) is 184 Å². The maximum Gasteiger partial charge on any atom is 0.342 e. The van der Waals surface area contributed by atoms with Crippen LogP contribution in [-0.2, 0) is 80.2 Å². The molecule has 0 aliphatic carbocycles. The average Bonchev–Trinajstić information content (AvgIpc) is 0.813. The summed E-state index contributed by atoms with van der Waals surface area (Å²) in [4.78, 5) is 97.8. The molecule has 0 aromatic heterocycles. The number of allylic oxidation sites excluding steroid dienone is 12. The minimum Gasteiger partial charge on any atom is -0.507 e. The third-order valence-corrected chi connectivity index (χ3v) is 20.6. The number of phenolic OH excluding ortho intramolecular Hbond substituents is 8. The first-order valence-electron chi connectivity index (χ1n) is 40.6. The number of carbonyl (C=O) groups excluding carboxylic acids is 6. The van der Waals surface area contributed by atoms with Crippen molar-refractivity contribution in [1.29, 1.82) is 0 Å². The van der Waals surface area contributed by atoms with Crippen molar-refractivity contribution in [2.45, 2.75) is 162 Å². The molecular formula is C91H106Cl4N6O22. The second-order valence-electron chi connectivity index (χ2n) is 28.4. The Morgan fingerprint density at radius 3 is 1.18 bits per heavy atom. The minimum atomic E-state index is -0.761. The highest BCUT2D eigenvalue weighted by Crippen LogP contribution is 2.42. The Labute approximate surface area is 735 Å². The lowest BCUT2D eigenvalue weighted by Gasteiger charge is -2.26. The van der Waals surface area contributed by atoms with Gasteiger partial charge in [-0.2, -0.15) is 0 Å². The lowest BCUT2D eigenvalue weighted by atomic mass is 9.98. The molecule has 0 saturated carbocycles. The van der Waals surface area contributed by atoms with Crippen LogP contribution in [-0.4, -0.2) is 170 Å². The number of fused-ring (bicyclic) bond motifs is 4. The smallest absolute Gasteiger partial charge is 0.342 e. The molecule has 0 spiro atoms. The number of nitrogens with one attached hydrogen (secondary N) is 1. The van der Waals surface area contributed by atoms with Crippen LogP contribution < -0.4 is 5.32 Å². The van der Waals surface area contributed by atoms with Gasteiger partial charge in [0.1, 0.15) is 87.6 Å². The molecule has 5 aliphatic rings. The third-order valence-electron chi connectivity index (χ3n) is 18.9. The van der Waals surface area contributed by atoms with Crippen molar-refractivity contribution in [3.8, 4) is 46.0 Å². The van der Waals surface area contributed by atoms with Gasteiger partial charge in [-0.3, -0.25) is 9.59 Å². The molecule has 5 heterocycles. The Hall–Kier alpha value is -11.7. The van der Waals surface area contributed by atoms with E-state index < -0.39 is 53.0 Å². The second kappa shape index (κ2) is 53.2. The summed E-state index contributed by atoms with van der Waals surface area (Å²) in [7, 11) is 0. The van der Waals surface area contributed by atoms with E-state index in [0.29, 0.717) is 68.4 Å². The number of ether oxygens (including phenoxy) is 4. The molecule has 5 aromatic rings. The van der Waals surface area contributed by atoms with E-state index in [1.165, 1.54) is 0 Å². The summed E-state index contributed by atoms with van der Waals surface area (Å²) in [6, 6.07) is 13.7. The Bertz CT molecular complexity index is 4810. The van der Waals surface area contributed by atoms with Gasteiger partial charge in [0.15, 0.2) is 13.2 Å². The summed E-state index contributed by atoms with van der Waals surface area (Å²) in [5.41, 5.74) is 3.00. The molecule has 660 valence electrons. The maximum atomic E-state index is 13.0. The molecule has 5 aromatic carbocycles. The fraction of sp³-hybridized carbons (Fsp3) is 0.385. The van der Waals surface area contributed by atoms with Crippen LogP contribution in [0.25, 0.3) is 0 Å². The molecule has 5 aliphatic heterocycles. The van der Waals surface area contributed by atoms with Crippen molar-refractivity contribution < 1.29 is 108 Å². The van der Waals surface area contributed by atoms with Crippen molar-refractivity contribution in [2.75, 3.05) is 59.3 Å². The molecule has 1 fully saturated rings. The van der Waals surface area contributed by atoms with Gasteiger partial charge in [-0.25, -0.2) is 19.2 Å². The fourth-order valence-electron chi connectivity index (χ4n) is 12.4. The zero-order valence-electron chi connectivity index (χ0n) is 69.1. The van der Waals surface area contributed by atoms with Crippen LogP contribution in [0.1, 0.15) is 193 Å². The maximum absolute atomic E-state index is 13.0. The van der Waals surface area contributed by atoms with Crippen LogP contribution in [0.3, 0.4) is 0 Å². The summed E-state index contributed by atoms with van der Waals surface area (Å²) in [6.07, 6.45) is 42.0. The molecule has 0 bridgehead atoms. The van der Waals surface area contributed by atoms with E-state index in [1.807, 2.05) is 117 Å². The van der Waals surface area contributed by atoms with Gasteiger partial charge in [-0.15, -0.1) is 0 Å². The summed E-state index contributed by atoms with van der Waals surface area (Å²) < 4.78 is 21.3. The van der Waals surface area contributed by atoms with Gasteiger partial charge < -0.3 is 89.4 Å². The van der Waals surface area contributed by atoms with Gasteiger partial charge in [-0.05, 0) is 162 Å². The SMILES string of the molecule is CCCNC(=O)CON=C1/C=C/CC/C=C/CCOC(=O)c2c(O)cc(O)c(Cl)c2C1.CCON=C1/C=C/CC/C=C/CCOC(=O)c2c(O)cc(O)c(Cl)c2C1.C[C@H]1/C=C/CC/C=C/C(=N\OCC(=O)N2CCCCC2)Cc2c(Cl)c(O)cc(O)c2C(=O)O[C@@H]1C.O=C1OCC/C=C/CC/C=C/C(=NOCc2ccccc2)Cc2c(Cl)c(O)cc(O)c21. The number of aromatic hydroxyl groups is 8. The molecule has 0 unspecified atom stereocenters. The number of rotatable bonds is 13. The van der Waals surface area contributed by atoms with Crippen molar-refractivity contribution in [3.05, 3.63) is 222 Å². The number of hydrogen-bond donors (Lipinski definition) is 9. The molecule has 32 heteroatoms. The predicted molar refractivity (Wildman–Crippen MR) is 471 cm³/mol. The molecule has 0 radical (unpaired) electrons. The predicted octanol–water partition coefficient (Wildman–Crippen LogP) is 17.9. The van der Waals surface area contributed by atoms with E-state index in [0.717, 1.165) is 107 Å². The molecule has 9 N–H and O–H groups in total. The van der Waals surface area contributed by atoms with Gasteiger partial charge in [0, 0.05) is 75.5 Å². The molecule has 2 atom stereocenters. The molecule has 1 saturated heterocycles. The molecule has 123 heavy (non-hydrogen) atoms. The number of amides is 2. The number of oxime groups is 4. The number of nitrogens with zero attached hydrogens (tertiary/aromatic N) is 5. The normalized spacial score (nSPS) is 20.5. The summed E-state index contributed by atoms with van der Waals surface area (Å²) in [5, 5.41) is 100. The highest BCUT2D eigenvalue weighted by Gasteiger charge is 2.31. The molecule has 2 amide bonds. The first-order valence-corrected chi connectivity index (χ1v) is 42.1. The Morgan fingerprint density at radius 1 is 0.439 bits per heavy atom. The topological polar surface area (TPSA) is 403 Å². The van der Waals surface area contributed by atoms with Gasteiger partial charge in [0.2, 0.25) is 0 Å². The highest BCUT2D eigenvalue weighted by molar-refractivity contribution is 6.35. The lowest BCUT2D eigenvalue weighted by molar-refractivity contribution is -0.137. The zero-order valence-corrected chi connectivity index (χ0v) is 72.2. The minimum absolute atomic E-state index is 0.0284. The quantitative estimate of drug-likeness (QED) is 0.0229. The summed E-state index contributed by atoms with van der Waals surface area (Å²) >= 11 is 25.1. The van der Waals surface area contributed by atoms with Gasteiger partial charge in [0.05, 0.1) is 62.8 Å². The zero-order chi connectivity index (χ0) is 89.0. The number of carbonyl (C=O) groups is 6. The number of halogens is 4. The van der Waals surface area contributed by atoms with Crippen LogP contribution in [0.4, 0.5) is 0 Å². The molecule has 28 nitrogen and oxygen atoms in total. The van der Waals surface area contributed by atoms with E-state index in [4.69, 9.17) is 84.7 Å². The van der Waals surface area contributed by atoms with Gasteiger partial charge >= 0.3 is 23.9 Å². The Balaban J connectivity index is 0.000000227. The van der Waals surface area contributed by atoms with E-state index in [1.54, 1.807) is 43.1 Å². The number of likely N-dealkylation sites (tertiary alicyclic amines) is 1. The first kappa shape index (κ1) is 98.4. The largest absolute Gasteiger partial charge is 0.507 e. The number of cyclic esters (lactones) is 4. The van der Waals surface area contributed by atoms with Crippen molar-refractivity contribution in [1.82, 2.24) is 10.2 Å². The van der Waals surface area contributed by atoms with Crippen molar-refractivity contribution in [3.63, 3.8) is 0 Å². The number of piperidine rings is 1. The average molecular weight is 1780 g/mol. The van der Waals surface area contributed by atoms with Crippen molar-refractivity contribution >= 4 is 105 Å². The van der Waals surface area contributed by atoms with Crippen LogP contribution in [0.5, 0.6) is 46.0 Å². The van der Waals surface area contributed by atoms with Crippen LogP contribution in [0.15, 0.2) is 172 Å². The second-order valence-corrected chi connectivity index (χ2v) is 29.9. The van der Waals surface area contributed by atoms with Crippen LogP contribution >= 0.6 is 46.4 Å². The van der Waals surface area contributed by atoms with E-state index >= 15 is 0 Å². The monoisotopic (exact) mass is 1770 g/mol. The summed E-state index contributed by atoms with van der Waals surface area (Å²) in [5.74, 6) is -6.50. The van der Waals surface area contributed by atoms with E-state index in [2.05, 4.69) is 25.9 Å². The fourth-order valence-corrected chi connectivity index (χ4v) is 13.2. The van der Waals surface area contributed by atoms with Crippen LogP contribution in [0, 0.1) is 5.92 Å². The van der Waals surface area contributed by atoms with Gasteiger partial charge in [0.25, 0.3) is 11.8 Å². The first-order chi connectivity index (χ1) is 59.3. The van der Waals surface area contributed by atoms with E-state index in [9.17, 15) is 69.6 Å². The number of benzene rings is 5. The number of hydrogen-bond acceptors (Lipinski definition) is 26. The molecular weight excluding hydrogens is 1670 g/mol. The number of esters is 4. The highest BCUT2D eigenvalue weighted by atomic mass is 35.5.